The number of thiazole rings is 1. The Morgan fingerprint density at radius 3 is 3.22 bits per heavy atom. The van der Waals surface area contributed by atoms with Gasteiger partial charge in [0, 0.05) is 43.5 Å². The summed E-state index contributed by atoms with van der Waals surface area (Å²) in [7, 11) is 1.89. The van der Waals surface area contributed by atoms with Crippen molar-refractivity contribution in [1.82, 2.24) is 35.1 Å². The Balaban J connectivity index is 1.39. The maximum atomic E-state index is 5.94. The fourth-order valence-electron chi connectivity index (χ4n) is 2.64. The smallest absolute Gasteiger partial charge is 0.121 e. The van der Waals surface area contributed by atoms with Crippen molar-refractivity contribution in [3.63, 3.8) is 0 Å². The summed E-state index contributed by atoms with van der Waals surface area (Å²) >= 11 is 1.65. The molecule has 1 N–H and O–H groups in total. The van der Waals surface area contributed by atoms with Gasteiger partial charge in [0.05, 0.1) is 31.1 Å². The van der Waals surface area contributed by atoms with Gasteiger partial charge < -0.3 is 10.1 Å². The fourth-order valence-corrected chi connectivity index (χ4v) is 3.22. The van der Waals surface area contributed by atoms with E-state index in [9.17, 15) is 0 Å². The van der Waals surface area contributed by atoms with Crippen molar-refractivity contribution in [2.45, 2.75) is 25.8 Å². The molecular formula is C14H17N7OS. The molecule has 1 aliphatic heterocycles. The third-order valence-corrected chi connectivity index (χ3v) is 4.56. The zero-order valence-corrected chi connectivity index (χ0v) is 13.5. The maximum Gasteiger partial charge on any atom is 0.121 e. The van der Waals surface area contributed by atoms with Crippen LogP contribution in [-0.4, -0.2) is 42.4 Å². The minimum Gasteiger partial charge on any atom is -0.369 e. The van der Waals surface area contributed by atoms with Gasteiger partial charge in [-0.2, -0.15) is 5.10 Å². The first kappa shape index (κ1) is 14.5. The third-order valence-electron chi connectivity index (χ3n) is 3.78. The van der Waals surface area contributed by atoms with Crippen LogP contribution < -0.4 is 5.32 Å². The van der Waals surface area contributed by atoms with Gasteiger partial charge in [-0.15, -0.1) is 16.4 Å². The van der Waals surface area contributed by atoms with E-state index < -0.39 is 0 Å². The summed E-state index contributed by atoms with van der Waals surface area (Å²) in [5.41, 5.74) is 2.83. The van der Waals surface area contributed by atoms with E-state index >= 15 is 0 Å². The van der Waals surface area contributed by atoms with E-state index in [1.165, 1.54) is 0 Å². The second-order valence-corrected chi connectivity index (χ2v) is 6.44. The van der Waals surface area contributed by atoms with Crippen LogP contribution in [0.3, 0.4) is 0 Å². The molecule has 0 spiro atoms. The van der Waals surface area contributed by atoms with Crippen molar-refractivity contribution in [3.8, 4) is 11.3 Å². The quantitative estimate of drug-likeness (QED) is 0.745. The van der Waals surface area contributed by atoms with E-state index in [2.05, 4.69) is 25.7 Å². The zero-order valence-electron chi connectivity index (χ0n) is 12.7. The Morgan fingerprint density at radius 1 is 1.48 bits per heavy atom. The standard InChI is InChI=1S/C14H17N7OS/c1-20-7-10(4-17-20)14-12-9-22-11(8-21(12)19-18-14)5-15-6-13-16-2-3-23-13/h2-4,7,11,15H,5-6,8-9H2,1H3/t11-/m1/s1. The number of rotatable bonds is 5. The summed E-state index contributed by atoms with van der Waals surface area (Å²) in [6.07, 6.45) is 5.64. The first-order chi connectivity index (χ1) is 11.3. The van der Waals surface area contributed by atoms with E-state index in [0.717, 1.165) is 35.0 Å². The Bertz CT molecular complexity index is 779. The predicted molar refractivity (Wildman–Crippen MR) is 84.6 cm³/mol. The van der Waals surface area contributed by atoms with E-state index in [-0.39, 0.29) is 6.10 Å². The van der Waals surface area contributed by atoms with E-state index in [1.54, 1.807) is 22.2 Å². The summed E-state index contributed by atoms with van der Waals surface area (Å²) in [5.74, 6) is 0. The number of hydrogen-bond donors (Lipinski definition) is 1. The minimum atomic E-state index is 0.0888. The summed E-state index contributed by atoms with van der Waals surface area (Å²) in [5, 5.41) is 19.2. The Hall–Kier alpha value is -2.10. The van der Waals surface area contributed by atoms with Crippen molar-refractivity contribution in [2.24, 2.45) is 7.05 Å². The molecule has 4 rings (SSSR count). The first-order valence-corrected chi connectivity index (χ1v) is 8.29. The first-order valence-electron chi connectivity index (χ1n) is 7.41. The molecule has 0 amide bonds. The van der Waals surface area contributed by atoms with Crippen LogP contribution in [0, 0.1) is 0 Å². The van der Waals surface area contributed by atoms with Crippen LogP contribution in [0.15, 0.2) is 24.0 Å². The second kappa shape index (κ2) is 6.19. The van der Waals surface area contributed by atoms with Crippen molar-refractivity contribution in [1.29, 1.82) is 0 Å². The summed E-state index contributed by atoms with van der Waals surface area (Å²) in [6.45, 7) is 2.75. The molecule has 0 aromatic carbocycles. The highest BCUT2D eigenvalue weighted by atomic mass is 32.1. The second-order valence-electron chi connectivity index (χ2n) is 5.46. The Labute approximate surface area is 137 Å². The number of nitrogens with one attached hydrogen (secondary N) is 1. The molecule has 0 bridgehead atoms. The lowest BCUT2D eigenvalue weighted by Gasteiger charge is -2.24. The molecule has 0 radical (unpaired) electrons. The van der Waals surface area contributed by atoms with Gasteiger partial charge in [0.25, 0.3) is 0 Å². The van der Waals surface area contributed by atoms with Crippen LogP contribution in [0.1, 0.15) is 10.7 Å². The third kappa shape index (κ3) is 3.03. The van der Waals surface area contributed by atoms with Crippen LogP contribution in [0.4, 0.5) is 0 Å². The molecule has 8 nitrogen and oxygen atoms in total. The van der Waals surface area contributed by atoms with E-state index in [0.29, 0.717) is 13.2 Å². The van der Waals surface area contributed by atoms with Crippen molar-refractivity contribution in [2.75, 3.05) is 6.54 Å². The fraction of sp³-hybridized carbons (Fsp3) is 0.429. The summed E-state index contributed by atoms with van der Waals surface area (Å²) in [6, 6.07) is 0. The molecule has 120 valence electrons. The molecular weight excluding hydrogens is 314 g/mol. The normalized spacial score (nSPS) is 17.3. The average Bonchev–Trinajstić information content (AvgIpc) is 3.27. The molecule has 4 heterocycles. The van der Waals surface area contributed by atoms with Gasteiger partial charge in [0.2, 0.25) is 0 Å². The van der Waals surface area contributed by atoms with Gasteiger partial charge in [0.1, 0.15) is 10.7 Å². The highest BCUT2D eigenvalue weighted by Gasteiger charge is 2.24. The number of ether oxygens (including phenoxy) is 1. The average molecular weight is 331 g/mol. The summed E-state index contributed by atoms with van der Waals surface area (Å²) < 4.78 is 9.64. The molecule has 23 heavy (non-hydrogen) atoms. The van der Waals surface area contributed by atoms with E-state index in [4.69, 9.17) is 4.74 Å². The molecule has 3 aromatic heterocycles. The van der Waals surface area contributed by atoms with Gasteiger partial charge in [-0.05, 0) is 0 Å². The summed E-state index contributed by atoms with van der Waals surface area (Å²) in [4.78, 5) is 4.25. The minimum absolute atomic E-state index is 0.0888. The predicted octanol–water partition coefficient (Wildman–Crippen LogP) is 0.824. The largest absolute Gasteiger partial charge is 0.369 e. The Kier molecular flexibility index (Phi) is 3.90. The number of hydrogen-bond acceptors (Lipinski definition) is 7. The van der Waals surface area contributed by atoms with Crippen LogP contribution in [0.25, 0.3) is 11.3 Å². The molecule has 1 atom stereocenters. The topological polar surface area (TPSA) is 82.7 Å². The lowest BCUT2D eigenvalue weighted by atomic mass is 10.2. The zero-order chi connectivity index (χ0) is 15.6. The number of aromatic nitrogens is 6. The van der Waals surface area contributed by atoms with Crippen LogP contribution in [0.2, 0.25) is 0 Å². The molecule has 0 unspecified atom stereocenters. The highest BCUT2D eigenvalue weighted by molar-refractivity contribution is 7.09. The van der Waals surface area contributed by atoms with Crippen LogP contribution in [0.5, 0.6) is 0 Å². The van der Waals surface area contributed by atoms with E-state index in [1.807, 2.05) is 29.5 Å². The molecule has 0 aliphatic carbocycles. The monoisotopic (exact) mass is 331 g/mol. The molecule has 0 saturated heterocycles. The van der Waals surface area contributed by atoms with Gasteiger partial charge >= 0.3 is 0 Å². The molecule has 0 fully saturated rings. The molecule has 0 saturated carbocycles. The van der Waals surface area contributed by atoms with Gasteiger partial charge in [0.15, 0.2) is 0 Å². The lowest BCUT2D eigenvalue weighted by Crippen LogP contribution is -2.36. The van der Waals surface area contributed by atoms with Crippen molar-refractivity contribution < 1.29 is 4.74 Å². The van der Waals surface area contributed by atoms with Crippen molar-refractivity contribution >= 4 is 11.3 Å². The van der Waals surface area contributed by atoms with Gasteiger partial charge in [-0.3, -0.25) is 4.68 Å². The lowest BCUT2D eigenvalue weighted by molar-refractivity contribution is 0.00125. The Morgan fingerprint density at radius 2 is 2.43 bits per heavy atom. The number of aryl methyl sites for hydroxylation is 1. The van der Waals surface area contributed by atoms with Crippen LogP contribution >= 0.6 is 11.3 Å². The van der Waals surface area contributed by atoms with Crippen LogP contribution in [-0.2, 0) is 31.5 Å². The van der Waals surface area contributed by atoms with Gasteiger partial charge in [-0.25, -0.2) is 9.67 Å². The molecule has 3 aromatic rings. The van der Waals surface area contributed by atoms with Crippen molar-refractivity contribution in [3.05, 3.63) is 34.7 Å². The highest BCUT2D eigenvalue weighted by Crippen LogP contribution is 2.24. The number of fused-ring (bicyclic) bond motifs is 1. The SMILES string of the molecule is Cn1cc(-c2nnn3c2CO[C@H](CNCc2nccs2)C3)cn1. The van der Waals surface area contributed by atoms with Gasteiger partial charge in [-0.1, -0.05) is 5.21 Å². The molecule has 9 heteroatoms. The maximum absolute atomic E-state index is 5.94. The molecule has 1 aliphatic rings. The number of nitrogens with zero attached hydrogens (tertiary/aromatic N) is 6.